The zero-order valence-electron chi connectivity index (χ0n) is 7.87. The molecule has 3 N–H and O–H groups in total. The summed E-state index contributed by atoms with van der Waals surface area (Å²) >= 11 is 0. The summed E-state index contributed by atoms with van der Waals surface area (Å²) < 4.78 is 0.175. The fourth-order valence-electron chi connectivity index (χ4n) is 0.868. The molecule has 0 aromatic heterocycles. The maximum atomic E-state index is 10.9. The Morgan fingerprint density at radius 2 is 2.08 bits per heavy atom. The maximum absolute atomic E-state index is 10.9. The van der Waals surface area contributed by atoms with Gasteiger partial charge < -0.3 is 9.59 Å². The van der Waals surface area contributed by atoms with E-state index in [2.05, 4.69) is 6.58 Å². The van der Waals surface area contributed by atoms with E-state index in [-0.39, 0.29) is 10.9 Å². The van der Waals surface area contributed by atoms with Gasteiger partial charge in [-0.1, -0.05) is 6.08 Å². The lowest BCUT2D eigenvalue weighted by molar-refractivity contribution is -0.913. The number of likely N-dealkylation sites (N-methyl/N-ethyl adjacent to an activating group) is 1. The van der Waals surface area contributed by atoms with E-state index in [9.17, 15) is 4.79 Å². The Bertz CT molecular complexity index is 196. The van der Waals surface area contributed by atoms with Crippen molar-refractivity contribution in [3.05, 3.63) is 12.7 Å². The molecule has 0 aliphatic carbocycles. The molecule has 0 spiro atoms. The third kappa shape index (κ3) is 1.84. The standard InChI is InChI=1S/C8H16N2O2/c1-5-6-8(9,7(11)12)10(2,3)4/h5H,1,6,9H2,2-4H3/p+1. The van der Waals surface area contributed by atoms with Gasteiger partial charge in [-0.3, -0.25) is 5.73 Å². The summed E-state index contributed by atoms with van der Waals surface area (Å²) in [6, 6.07) is 0. The average molecular weight is 173 g/mol. The Morgan fingerprint density at radius 1 is 1.67 bits per heavy atom. The molecule has 0 aliphatic rings. The van der Waals surface area contributed by atoms with Gasteiger partial charge in [0.25, 0.3) is 5.66 Å². The van der Waals surface area contributed by atoms with Crippen molar-refractivity contribution in [1.29, 1.82) is 0 Å². The van der Waals surface area contributed by atoms with Crippen LogP contribution in [0.4, 0.5) is 0 Å². The van der Waals surface area contributed by atoms with E-state index in [1.54, 1.807) is 21.1 Å². The lowest BCUT2D eigenvalue weighted by Gasteiger charge is -2.39. The second-order valence-electron chi connectivity index (χ2n) is 3.73. The summed E-state index contributed by atoms with van der Waals surface area (Å²) in [4.78, 5) is 10.9. The van der Waals surface area contributed by atoms with Crippen LogP contribution in [0.2, 0.25) is 0 Å². The molecule has 0 aliphatic heterocycles. The minimum Gasteiger partial charge on any atom is -0.476 e. The number of carboxylic acids is 1. The molecule has 12 heavy (non-hydrogen) atoms. The van der Waals surface area contributed by atoms with E-state index in [1.165, 1.54) is 6.08 Å². The van der Waals surface area contributed by atoms with Crippen LogP contribution in [0.15, 0.2) is 12.7 Å². The highest BCUT2D eigenvalue weighted by molar-refractivity contribution is 5.76. The summed E-state index contributed by atoms with van der Waals surface area (Å²) in [5, 5.41) is 8.91. The van der Waals surface area contributed by atoms with Crippen molar-refractivity contribution in [2.45, 2.75) is 12.1 Å². The maximum Gasteiger partial charge on any atom is 0.382 e. The zero-order valence-corrected chi connectivity index (χ0v) is 7.87. The molecule has 0 saturated heterocycles. The summed E-state index contributed by atoms with van der Waals surface area (Å²) in [5.41, 5.74) is 4.45. The topological polar surface area (TPSA) is 63.3 Å². The number of carbonyl (C=O) groups is 1. The molecule has 1 atom stereocenters. The lowest BCUT2D eigenvalue weighted by Crippen LogP contribution is -2.67. The first kappa shape index (κ1) is 11.1. The van der Waals surface area contributed by atoms with Gasteiger partial charge in [-0.2, -0.15) is 0 Å². The highest BCUT2D eigenvalue weighted by atomic mass is 16.4. The van der Waals surface area contributed by atoms with Crippen molar-refractivity contribution in [3.63, 3.8) is 0 Å². The fraction of sp³-hybridized carbons (Fsp3) is 0.625. The molecular weight excluding hydrogens is 156 g/mol. The quantitative estimate of drug-likeness (QED) is 0.357. The third-order valence-corrected chi connectivity index (χ3v) is 2.02. The lowest BCUT2D eigenvalue weighted by atomic mass is 10.0. The molecule has 0 fully saturated rings. The number of carboxylic acid groups (broad SMARTS) is 1. The Morgan fingerprint density at radius 3 is 2.17 bits per heavy atom. The summed E-state index contributed by atoms with van der Waals surface area (Å²) in [6.07, 6.45) is 1.78. The summed E-state index contributed by atoms with van der Waals surface area (Å²) in [5.74, 6) is -1.00. The first-order valence-electron chi connectivity index (χ1n) is 3.70. The molecule has 70 valence electrons. The highest BCUT2D eigenvalue weighted by Gasteiger charge is 2.45. The van der Waals surface area contributed by atoms with Crippen LogP contribution in [0.3, 0.4) is 0 Å². The average Bonchev–Trinajstić information content (AvgIpc) is 1.85. The fourth-order valence-corrected chi connectivity index (χ4v) is 0.868. The second kappa shape index (κ2) is 3.25. The molecule has 0 amide bonds. The van der Waals surface area contributed by atoms with E-state index < -0.39 is 11.6 Å². The SMILES string of the molecule is C=CCC(N)(C(=O)O)[N+](C)(C)C. The van der Waals surface area contributed by atoms with Crippen molar-refractivity contribution >= 4 is 5.97 Å². The van der Waals surface area contributed by atoms with Crippen molar-refractivity contribution in [2.24, 2.45) is 5.73 Å². The minimum absolute atomic E-state index is 0.175. The minimum atomic E-state index is -1.28. The summed E-state index contributed by atoms with van der Waals surface area (Å²) in [7, 11) is 5.24. The number of nitrogens with two attached hydrogens (primary N) is 1. The molecule has 0 bridgehead atoms. The molecule has 0 radical (unpaired) electrons. The van der Waals surface area contributed by atoms with E-state index in [0.717, 1.165) is 0 Å². The largest absolute Gasteiger partial charge is 0.476 e. The van der Waals surface area contributed by atoms with Gasteiger partial charge >= 0.3 is 5.97 Å². The highest BCUT2D eigenvalue weighted by Crippen LogP contribution is 2.17. The van der Waals surface area contributed by atoms with Gasteiger partial charge in [0, 0.05) is 6.42 Å². The first-order valence-corrected chi connectivity index (χ1v) is 3.70. The smallest absolute Gasteiger partial charge is 0.382 e. The van der Waals surface area contributed by atoms with Crippen molar-refractivity contribution in [1.82, 2.24) is 0 Å². The number of quaternary nitrogens is 1. The molecule has 0 aromatic carbocycles. The van der Waals surface area contributed by atoms with Crippen LogP contribution in [0.25, 0.3) is 0 Å². The predicted octanol–water partition coefficient (Wildman–Crippen LogP) is 0.00830. The Kier molecular flexibility index (Phi) is 3.01. The molecule has 0 rings (SSSR count). The van der Waals surface area contributed by atoms with E-state index >= 15 is 0 Å². The van der Waals surface area contributed by atoms with E-state index in [4.69, 9.17) is 10.8 Å². The Hall–Kier alpha value is -0.870. The van der Waals surface area contributed by atoms with Crippen LogP contribution in [-0.4, -0.2) is 42.4 Å². The molecule has 4 nitrogen and oxygen atoms in total. The van der Waals surface area contributed by atoms with Crippen LogP contribution in [0.5, 0.6) is 0 Å². The van der Waals surface area contributed by atoms with Crippen LogP contribution in [-0.2, 0) is 4.79 Å². The van der Waals surface area contributed by atoms with Gasteiger partial charge in [-0.25, -0.2) is 4.79 Å². The predicted molar refractivity (Wildman–Crippen MR) is 47.4 cm³/mol. The number of hydrogen-bond donors (Lipinski definition) is 2. The molecule has 0 heterocycles. The molecule has 0 aromatic rings. The number of hydrogen-bond acceptors (Lipinski definition) is 2. The molecule has 1 unspecified atom stereocenters. The van der Waals surface area contributed by atoms with Crippen molar-refractivity contribution in [3.8, 4) is 0 Å². The van der Waals surface area contributed by atoms with Gasteiger partial charge in [0.05, 0.1) is 21.1 Å². The van der Waals surface area contributed by atoms with Crippen LogP contribution < -0.4 is 5.73 Å². The zero-order chi connectivity index (χ0) is 9.99. The third-order valence-electron chi connectivity index (χ3n) is 2.02. The van der Waals surface area contributed by atoms with Gasteiger partial charge in [0.1, 0.15) is 0 Å². The Balaban J connectivity index is 4.86. The van der Waals surface area contributed by atoms with Crippen molar-refractivity contribution in [2.75, 3.05) is 21.1 Å². The molecule has 0 saturated carbocycles. The van der Waals surface area contributed by atoms with Crippen LogP contribution in [0.1, 0.15) is 6.42 Å². The Labute approximate surface area is 72.9 Å². The molecular formula is C8H17N2O2+. The van der Waals surface area contributed by atoms with Crippen molar-refractivity contribution < 1.29 is 14.4 Å². The molecule has 4 heteroatoms. The van der Waals surface area contributed by atoms with Crippen LogP contribution >= 0.6 is 0 Å². The normalized spacial score (nSPS) is 16.7. The number of aliphatic carboxylic acids is 1. The van der Waals surface area contributed by atoms with Gasteiger partial charge in [-0.05, 0) is 0 Å². The second-order valence-corrected chi connectivity index (χ2v) is 3.73. The van der Waals surface area contributed by atoms with Gasteiger partial charge in [-0.15, -0.1) is 6.58 Å². The number of rotatable bonds is 4. The van der Waals surface area contributed by atoms with E-state index in [0.29, 0.717) is 0 Å². The monoisotopic (exact) mass is 173 g/mol. The first-order chi connectivity index (χ1) is 5.25. The van der Waals surface area contributed by atoms with E-state index in [1.807, 2.05) is 0 Å². The van der Waals surface area contributed by atoms with Gasteiger partial charge in [0.15, 0.2) is 0 Å². The summed E-state index contributed by atoms with van der Waals surface area (Å²) in [6.45, 7) is 3.49. The van der Waals surface area contributed by atoms with Gasteiger partial charge in [0.2, 0.25) is 0 Å². The number of nitrogens with zero attached hydrogens (tertiary/aromatic N) is 1. The van der Waals surface area contributed by atoms with Crippen LogP contribution in [0, 0.1) is 0 Å².